The molecule has 6 heteroatoms. The van der Waals surface area contributed by atoms with Crippen LogP contribution in [0.25, 0.3) is 15.9 Å². The first kappa shape index (κ1) is 12.9. The number of carboxylic acids is 1. The summed E-state index contributed by atoms with van der Waals surface area (Å²) < 4.78 is 1.83. The van der Waals surface area contributed by atoms with Crippen LogP contribution in [-0.2, 0) is 0 Å². The Kier molecular flexibility index (Phi) is 2.80. The van der Waals surface area contributed by atoms with E-state index < -0.39 is 5.97 Å². The molecule has 0 bridgehead atoms. The third-order valence-corrected chi connectivity index (χ3v) is 4.99. The van der Waals surface area contributed by atoms with E-state index in [1.165, 1.54) is 11.3 Å². The minimum absolute atomic E-state index is 0.354. The van der Waals surface area contributed by atoms with E-state index in [1.54, 1.807) is 6.07 Å². The summed E-state index contributed by atoms with van der Waals surface area (Å²) >= 11 is 7.19. The van der Waals surface area contributed by atoms with Gasteiger partial charge in [-0.25, -0.2) is 9.48 Å². The van der Waals surface area contributed by atoms with E-state index in [0.29, 0.717) is 15.8 Å². The monoisotopic (exact) mass is 318 g/mol. The Hall–Kier alpha value is -1.85. The van der Waals surface area contributed by atoms with Crippen molar-refractivity contribution in [2.75, 3.05) is 0 Å². The maximum absolute atomic E-state index is 11.2. The molecule has 21 heavy (non-hydrogen) atoms. The highest BCUT2D eigenvalue weighted by Gasteiger charge is 2.30. The quantitative estimate of drug-likeness (QED) is 0.782. The first-order valence-electron chi connectivity index (χ1n) is 6.65. The number of carbonyl (C=O) groups is 1. The van der Waals surface area contributed by atoms with E-state index in [0.717, 1.165) is 34.4 Å². The van der Waals surface area contributed by atoms with Crippen LogP contribution in [-0.4, -0.2) is 20.9 Å². The van der Waals surface area contributed by atoms with E-state index >= 15 is 0 Å². The summed E-state index contributed by atoms with van der Waals surface area (Å²) in [6, 6.07) is 9.16. The first-order valence-corrected chi connectivity index (χ1v) is 7.84. The predicted octanol–water partition coefficient (Wildman–Crippen LogP) is 4.32. The van der Waals surface area contributed by atoms with Gasteiger partial charge in [0.2, 0.25) is 0 Å². The average Bonchev–Trinajstić information content (AvgIpc) is 3.10. The Morgan fingerprint density at radius 1 is 1.33 bits per heavy atom. The Morgan fingerprint density at radius 3 is 2.67 bits per heavy atom. The van der Waals surface area contributed by atoms with Gasteiger partial charge in [-0.05, 0) is 43.2 Å². The molecule has 0 unspecified atom stereocenters. The van der Waals surface area contributed by atoms with Gasteiger partial charge in [0.25, 0.3) is 0 Å². The molecule has 4 rings (SSSR count). The first-order chi connectivity index (χ1) is 10.1. The lowest BCUT2D eigenvalue weighted by molar-refractivity contribution is 0.0702. The molecular formula is C15H11ClN2O2S. The van der Waals surface area contributed by atoms with Crippen molar-refractivity contribution in [3.63, 3.8) is 0 Å². The van der Waals surface area contributed by atoms with Crippen LogP contribution >= 0.6 is 22.9 Å². The molecule has 1 aliphatic carbocycles. The van der Waals surface area contributed by atoms with Crippen molar-refractivity contribution >= 4 is 39.1 Å². The van der Waals surface area contributed by atoms with Crippen molar-refractivity contribution in [1.82, 2.24) is 9.78 Å². The zero-order valence-corrected chi connectivity index (χ0v) is 12.5. The third kappa shape index (κ3) is 2.13. The van der Waals surface area contributed by atoms with E-state index in [4.69, 9.17) is 16.7 Å². The fraction of sp³-hybridized carbons (Fsp3) is 0.200. The summed E-state index contributed by atoms with van der Waals surface area (Å²) in [5.74, 6) is -0.419. The molecule has 0 radical (unpaired) electrons. The van der Waals surface area contributed by atoms with Gasteiger partial charge < -0.3 is 5.11 Å². The number of benzene rings is 1. The summed E-state index contributed by atoms with van der Waals surface area (Å²) in [5.41, 5.74) is 1.92. The molecule has 0 saturated heterocycles. The molecule has 0 spiro atoms. The lowest BCUT2D eigenvalue weighted by Crippen LogP contribution is -1.97. The zero-order valence-electron chi connectivity index (χ0n) is 10.9. The molecule has 1 N–H and O–H groups in total. The van der Waals surface area contributed by atoms with Crippen LogP contribution in [0.15, 0.2) is 30.3 Å². The largest absolute Gasteiger partial charge is 0.477 e. The van der Waals surface area contributed by atoms with Crippen molar-refractivity contribution in [3.8, 4) is 5.69 Å². The topological polar surface area (TPSA) is 55.1 Å². The Balaban J connectivity index is 1.95. The number of nitrogens with zero attached hydrogens (tertiary/aromatic N) is 2. The summed E-state index contributed by atoms with van der Waals surface area (Å²) in [6.45, 7) is 0. The molecule has 1 saturated carbocycles. The molecule has 2 aromatic heterocycles. The Morgan fingerprint density at radius 2 is 2.05 bits per heavy atom. The minimum Gasteiger partial charge on any atom is -0.477 e. The Labute approximate surface area is 129 Å². The summed E-state index contributed by atoms with van der Waals surface area (Å²) in [4.78, 5) is 12.5. The van der Waals surface area contributed by atoms with Crippen molar-refractivity contribution in [2.45, 2.75) is 18.8 Å². The van der Waals surface area contributed by atoms with Crippen LogP contribution in [0.5, 0.6) is 0 Å². The van der Waals surface area contributed by atoms with Gasteiger partial charge in [0, 0.05) is 16.3 Å². The van der Waals surface area contributed by atoms with Crippen LogP contribution in [0.2, 0.25) is 5.02 Å². The fourth-order valence-electron chi connectivity index (χ4n) is 2.45. The molecule has 1 aromatic carbocycles. The SMILES string of the molecule is O=C(O)c1cc2c(C3CC3)nn(-c3ccc(Cl)cc3)c2s1. The van der Waals surface area contributed by atoms with Gasteiger partial charge in [0.05, 0.1) is 11.4 Å². The van der Waals surface area contributed by atoms with Crippen LogP contribution in [0.4, 0.5) is 0 Å². The molecule has 0 amide bonds. The molecule has 4 nitrogen and oxygen atoms in total. The molecule has 1 fully saturated rings. The normalized spacial score (nSPS) is 14.7. The second kappa shape index (κ2) is 4.58. The van der Waals surface area contributed by atoms with E-state index in [9.17, 15) is 9.90 Å². The number of fused-ring (bicyclic) bond motifs is 1. The second-order valence-corrected chi connectivity index (χ2v) is 6.65. The second-order valence-electron chi connectivity index (χ2n) is 5.18. The Bertz CT molecular complexity index is 847. The van der Waals surface area contributed by atoms with Crippen LogP contribution < -0.4 is 0 Å². The number of hydrogen-bond acceptors (Lipinski definition) is 3. The van der Waals surface area contributed by atoms with E-state index in [-0.39, 0.29) is 0 Å². The number of aromatic carboxylic acids is 1. The highest BCUT2D eigenvalue weighted by atomic mass is 35.5. The van der Waals surface area contributed by atoms with Gasteiger partial charge in [-0.2, -0.15) is 5.10 Å². The van der Waals surface area contributed by atoms with Gasteiger partial charge in [-0.3, -0.25) is 0 Å². The van der Waals surface area contributed by atoms with Crippen LogP contribution in [0.1, 0.15) is 34.1 Å². The number of thiophene rings is 1. The maximum Gasteiger partial charge on any atom is 0.345 e. The molecular weight excluding hydrogens is 308 g/mol. The molecule has 1 aliphatic rings. The standard InChI is InChI=1S/C15H11ClN2O2S/c16-9-3-5-10(6-4-9)18-14-11(7-12(21-14)15(19)20)13(17-18)8-1-2-8/h3-8H,1-2H2,(H,19,20). The summed E-state index contributed by atoms with van der Waals surface area (Å²) in [7, 11) is 0. The summed E-state index contributed by atoms with van der Waals surface area (Å²) in [5, 5.41) is 15.5. The van der Waals surface area contributed by atoms with Gasteiger partial charge in [0.1, 0.15) is 9.71 Å². The number of hydrogen-bond donors (Lipinski definition) is 1. The highest BCUT2D eigenvalue weighted by Crippen LogP contribution is 2.44. The van der Waals surface area contributed by atoms with Crippen LogP contribution in [0.3, 0.4) is 0 Å². The zero-order chi connectivity index (χ0) is 14.6. The number of rotatable bonds is 3. The predicted molar refractivity (Wildman–Crippen MR) is 82.9 cm³/mol. The molecule has 106 valence electrons. The van der Waals surface area contributed by atoms with Gasteiger partial charge in [-0.1, -0.05) is 11.6 Å². The van der Waals surface area contributed by atoms with Gasteiger partial charge in [0.15, 0.2) is 0 Å². The smallest absolute Gasteiger partial charge is 0.345 e. The van der Waals surface area contributed by atoms with Crippen molar-refractivity contribution in [3.05, 3.63) is 45.9 Å². The summed E-state index contributed by atoms with van der Waals surface area (Å²) in [6.07, 6.45) is 2.26. The molecule has 0 aliphatic heterocycles. The molecule has 2 heterocycles. The maximum atomic E-state index is 11.2. The van der Waals surface area contributed by atoms with Gasteiger partial charge in [-0.15, -0.1) is 11.3 Å². The molecule has 3 aromatic rings. The fourth-order valence-corrected chi connectivity index (χ4v) is 3.55. The van der Waals surface area contributed by atoms with Gasteiger partial charge >= 0.3 is 5.97 Å². The number of halogens is 1. The lowest BCUT2D eigenvalue weighted by atomic mass is 10.2. The minimum atomic E-state index is -0.888. The molecule has 0 atom stereocenters. The van der Waals surface area contributed by atoms with Crippen molar-refractivity contribution in [1.29, 1.82) is 0 Å². The van der Waals surface area contributed by atoms with Crippen molar-refractivity contribution < 1.29 is 9.90 Å². The lowest BCUT2D eigenvalue weighted by Gasteiger charge is -2.02. The van der Waals surface area contributed by atoms with Crippen LogP contribution in [0, 0.1) is 0 Å². The third-order valence-electron chi connectivity index (χ3n) is 3.63. The number of aromatic nitrogens is 2. The van der Waals surface area contributed by atoms with Crippen molar-refractivity contribution in [2.24, 2.45) is 0 Å². The van der Waals surface area contributed by atoms with E-state index in [2.05, 4.69) is 0 Å². The number of carboxylic acid groups (broad SMARTS) is 1. The average molecular weight is 319 g/mol. The van der Waals surface area contributed by atoms with E-state index in [1.807, 2.05) is 28.9 Å². The highest BCUT2D eigenvalue weighted by molar-refractivity contribution is 7.20.